The van der Waals surface area contributed by atoms with Gasteiger partial charge in [0.2, 0.25) is 0 Å². The molecule has 0 aromatic rings. The summed E-state index contributed by atoms with van der Waals surface area (Å²) >= 11 is 0. The first-order valence-corrected chi connectivity index (χ1v) is 5.04. The monoisotopic (exact) mass is 171 g/mol. The molecule has 1 heterocycles. The molecule has 1 unspecified atom stereocenters. The summed E-state index contributed by atoms with van der Waals surface area (Å²) in [7, 11) is 0. The van der Waals surface area contributed by atoms with Crippen LogP contribution in [0.4, 0.5) is 0 Å². The zero-order valence-electron chi connectivity index (χ0n) is 8.52. The van der Waals surface area contributed by atoms with Crippen molar-refractivity contribution in [3.8, 4) is 0 Å². The zero-order valence-corrected chi connectivity index (χ0v) is 8.52. The summed E-state index contributed by atoms with van der Waals surface area (Å²) in [5.74, 6) is 0. The summed E-state index contributed by atoms with van der Waals surface area (Å²) in [4.78, 5) is 0. The Morgan fingerprint density at radius 3 is 2.83 bits per heavy atom. The highest BCUT2D eigenvalue weighted by molar-refractivity contribution is 4.88. The molecule has 0 saturated carbocycles. The van der Waals surface area contributed by atoms with Crippen molar-refractivity contribution in [2.75, 3.05) is 13.2 Å². The minimum atomic E-state index is 0.0351. The Bertz CT molecular complexity index is 134. The van der Waals surface area contributed by atoms with Gasteiger partial charge in [-0.25, -0.2) is 0 Å². The molecular formula is C10H21NO. The van der Waals surface area contributed by atoms with Gasteiger partial charge in [-0.05, 0) is 20.3 Å². The molecular weight excluding hydrogens is 150 g/mol. The number of unbranched alkanes of at least 4 members (excludes halogenated alkanes) is 1. The first kappa shape index (κ1) is 10.0. The molecule has 2 heteroatoms. The van der Waals surface area contributed by atoms with E-state index < -0.39 is 0 Å². The summed E-state index contributed by atoms with van der Waals surface area (Å²) < 4.78 is 5.71. The second-order valence-electron chi connectivity index (χ2n) is 4.10. The summed E-state index contributed by atoms with van der Waals surface area (Å²) in [6.45, 7) is 8.46. The maximum Gasteiger partial charge on any atom is 0.0779 e. The minimum Gasteiger partial charge on any atom is -0.373 e. The Morgan fingerprint density at radius 2 is 2.25 bits per heavy atom. The maximum atomic E-state index is 5.71. The molecule has 0 aromatic heterocycles. The Morgan fingerprint density at radius 1 is 1.50 bits per heavy atom. The van der Waals surface area contributed by atoms with Crippen molar-refractivity contribution in [1.29, 1.82) is 0 Å². The third kappa shape index (κ3) is 2.46. The smallest absolute Gasteiger partial charge is 0.0779 e. The van der Waals surface area contributed by atoms with E-state index in [4.69, 9.17) is 4.74 Å². The third-order valence-corrected chi connectivity index (χ3v) is 2.65. The first-order chi connectivity index (χ1) is 5.67. The summed E-state index contributed by atoms with van der Waals surface area (Å²) in [5, 5.41) is 3.52. The second kappa shape index (κ2) is 4.24. The molecule has 0 aliphatic carbocycles. The molecule has 0 amide bonds. The van der Waals surface area contributed by atoms with E-state index in [1.807, 2.05) is 0 Å². The average Bonchev–Trinajstić information content (AvgIpc) is 2.02. The van der Waals surface area contributed by atoms with Gasteiger partial charge in [0.1, 0.15) is 0 Å². The van der Waals surface area contributed by atoms with Crippen LogP contribution >= 0.6 is 0 Å². The molecule has 0 radical (unpaired) electrons. The van der Waals surface area contributed by atoms with Gasteiger partial charge in [0.05, 0.1) is 12.2 Å². The molecule has 0 bridgehead atoms. The lowest BCUT2D eigenvalue weighted by atomic mass is 9.92. The van der Waals surface area contributed by atoms with Crippen molar-refractivity contribution in [3.63, 3.8) is 0 Å². The maximum absolute atomic E-state index is 5.71. The van der Waals surface area contributed by atoms with Gasteiger partial charge in [0, 0.05) is 12.6 Å². The van der Waals surface area contributed by atoms with Gasteiger partial charge in [-0.3, -0.25) is 0 Å². The quantitative estimate of drug-likeness (QED) is 0.700. The SMILES string of the molecule is CCCCC1NCCOC1(C)C. The highest BCUT2D eigenvalue weighted by Gasteiger charge is 2.32. The van der Waals surface area contributed by atoms with E-state index >= 15 is 0 Å². The van der Waals surface area contributed by atoms with Crippen molar-refractivity contribution >= 4 is 0 Å². The largest absolute Gasteiger partial charge is 0.373 e. The topological polar surface area (TPSA) is 21.3 Å². The number of nitrogens with one attached hydrogen (secondary N) is 1. The van der Waals surface area contributed by atoms with Gasteiger partial charge in [0.15, 0.2) is 0 Å². The van der Waals surface area contributed by atoms with E-state index in [1.54, 1.807) is 0 Å². The molecule has 1 N–H and O–H groups in total. The average molecular weight is 171 g/mol. The molecule has 2 nitrogen and oxygen atoms in total. The fourth-order valence-corrected chi connectivity index (χ4v) is 1.75. The van der Waals surface area contributed by atoms with Crippen molar-refractivity contribution in [1.82, 2.24) is 5.32 Å². The van der Waals surface area contributed by atoms with E-state index in [9.17, 15) is 0 Å². The number of hydrogen-bond acceptors (Lipinski definition) is 2. The van der Waals surface area contributed by atoms with Gasteiger partial charge in [0.25, 0.3) is 0 Å². The lowest BCUT2D eigenvalue weighted by Crippen LogP contribution is -2.54. The van der Waals surface area contributed by atoms with Crippen LogP contribution in [0.5, 0.6) is 0 Å². The molecule has 1 rings (SSSR count). The van der Waals surface area contributed by atoms with E-state index in [0.29, 0.717) is 6.04 Å². The van der Waals surface area contributed by atoms with E-state index in [1.165, 1.54) is 19.3 Å². The molecule has 1 aliphatic rings. The second-order valence-corrected chi connectivity index (χ2v) is 4.10. The Hall–Kier alpha value is -0.0800. The van der Waals surface area contributed by atoms with Crippen LogP contribution < -0.4 is 5.32 Å². The molecule has 1 saturated heterocycles. The molecule has 0 spiro atoms. The highest BCUT2D eigenvalue weighted by Crippen LogP contribution is 2.21. The Balaban J connectivity index is 2.37. The van der Waals surface area contributed by atoms with Crippen molar-refractivity contribution < 1.29 is 4.74 Å². The normalized spacial score (nSPS) is 28.8. The molecule has 1 aliphatic heterocycles. The number of hydrogen-bond donors (Lipinski definition) is 1. The molecule has 12 heavy (non-hydrogen) atoms. The first-order valence-electron chi connectivity index (χ1n) is 5.04. The van der Waals surface area contributed by atoms with Crippen molar-refractivity contribution in [3.05, 3.63) is 0 Å². The predicted octanol–water partition coefficient (Wildman–Crippen LogP) is 1.94. The van der Waals surface area contributed by atoms with Gasteiger partial charge < -0.3 is 10.1 Å². The summed E-state index contributed by atoms with van der Waals surface area (Å²) in [6, 6.07) is 0.547. The summed E-state index contributed by atoms with van der Waals surface area (Å²) in [6.07, 6.45) is 3.81. The van der Waals surface area contributed by atoms with Crippen LogP contribution in [0, 0.1) is 0 Å². The van der Waals surface area contributed by atoms with Crippen LogP contribution in [0.2, 0.25) is 0 Å². The van der Waals surface area contributed by atoms with Crippen LogP contribution in [0.15, 0.2) is 0 Å². The minimum absolute atomic E-state index is 0.0351. The van der Waals surface area contributed by atoms with E-state index in [-0.39, 0.29) is 5.60 Å². The molecule has 1 fully saturated rings. The lowest BCUT2D eigenvalue weighted by molar-refractivity contribution is -0.0731. The van der Waals surface area contributed by atoms with E-state index in [2.05, 4.69) is 26.1 Å². The van der Waals surface area contributed by atoms with Crippen LogP contribution in [-0.4, -0.2) is 24.8 Å². The predicted molar refractivity (Wildman–Crippen MR) is 51.3 cm³/mol. The molecule has 0 aromatic carbocycles. The van der Waals surface area contributed by atoms with Crippen LogP contribution in [0.1, 0.15) is 40.0 Å². The lowest BCUT2D eigenvalue weighted by Gasteiger charge is -2.39. The van der Waals surface area contributed by atoms with Crippen LogP contribution in [-0.2, 0) is 4.74 Å². The van der Waals surface area contributed by atoms with Gasteiger partial charge in [-0.1, -0.05) is 19.8 Å². The van der Waals surface area contributed by atoms with Gasteiger partial charge in [-0.15, -0.1) is 0 Å². The fourth-order valence-electron chi connectivity index (χ4n) is 1.75. The van der Waals surface area contributed by atoms with Crippen molar-refractivity contribution in [2.45, 2.75) is 51.7 Å². The van der Waals surface area contributed by atoms with Gasteiger partial charge >= 0.3 is 0 Å². The highest BCUT2D eigenvalue weighted by atomic mass is 16.5. The number of morpholine rings is 1. The Kier molecular flexibility index (Phi) is 3.53. The van der Waals surface area contributed by atoms with E-state index in [0.717, 1.165) is 13.2 Å². The summed E-state index contributed by atoms with van der Waals surface area (Å²) in [5.41, 5.74) is 0.0351. The van der Waals surface area contributed by atoms with Crippen LogP contribution in [0.3, 0.4) is 0 Å². The standard InChI is InChI=1S/C10H21NO/c1-4-5-6-9-10(2,3)12-8-7-11-9/h9,11H,4-8H2,1-3H3. The zero-order chi connectivity index (χ0) is 9.03. The molecule has 1 atom stereocenters. The molecule has 72 valence electrons. The third-order valence-electron chi connectivity index (χ3n) is 2.65. The number of rotatable bonds is 3. The van der Waals surface area contributed by atoms with Crippen LogP contribution in [0.25, 0.3) is 0 Å². The van der Waals surface area contributed by atoms with Gasteiger partial charge in [-0.2, -0.15) is 0 Å². The number of ether oxygens (including phenoxy) is 1. The van der Waals surface area contributed by atoms with Crippen molar-refractivity contribution in [2.24, 2.45) is 0 Å². The Labute approximate surface area is 75.7 Å². The fraction of sp³-hybridized carbons (Fsp3) is 1.00.